The maximum atomic E-state index is 6.09. The van der Waals surface area contributed by atoms with Crippen LogP contribution in [0.25, 0.3) is 0 Å². The van der Waals surface area contributed by atoms with Crippen LogP contribution in [0.5, 0.6) is 5.75 Å². The van der Waals surface area contributed by atoms with Gasteiger partial charge in [-0.05, 0) is 36.4 Å². The summed E-state index contributed by atoms with van der Waals surface area (Å²) in [5.41, 5.74) is 2.25. The van der Waals surface area contributed by atoms with Gasteiger partial charge in [-0.3, -0.25) is 0 Å². The van der Waals surface area contributed by atoms with Crippen molar-refractivity contribution in [1.82, 2.24) is 5.32 Å². The van der Waals surface area contributed by atoms with Crippen LogP contribution in [0.4, 0.5) is 0 Å². The Morgan fingerprint density at radius 3 is 2.67 bits per heavy atom. The molecule has 1 N–H and O–H groups in total. The first kappa shape index (κ1) is 16.0. The van der Waals surface area contributed by atoms with Crippen LogP contribution in [0.3, 0.4) is 0 Å². The normalized spacial score (nSPS) is 12.1. The minimum Gasteiger partial charge on any atom is -0.497 e. The van der Waals surface area contributed by atoms with Crippen LogP contribution in [-0.4, -0.2) is 20.7 Å². The van der Waals surface area contributed by atoms with Gasteiger partial charge >= 0.3 is 0 Å². The molecule has 0 amide bonds. The summed E-state index contributed by atoms with van der Waals surface area (Å²) in [6.07, 6.45) is -0.00299. The number of ether oxygens (including phenoxy) is 2. The molecule has 2 rings (SSSR count). The smallest absolute Gasteiger partial charge is 0.119 e. The van der Waals surface area contributed by atoms with Gasteiger partial charge in [-0.25, -0.2) is 0 Å². The van der Waals surface area contributed by atoms with Gasteiger partial charge in [0.1, 0.15) is 5.75 Å². The highest BCUT2D eigenvalue weighted by molar-refractivity contribution is 9.10. The molecule has 0 bridgehead atoms. The first-order valence-corrected chi connectivity index (χ1v) is 7.67. The summed E-state index contributed by atoms with van der Waals surface area (Å²) < 4.78 is 12.4. The second-order valence-corrected chi connectivity index (χ2v) is 5.58. The molecule has 2 aromatic rings. The summed E-state index contributed by atoms with van der Waals surface area (Å²) >= 11 is 3.59. The molecule has 0 saturated carbocycles. The monoisotopic (exact) mass is 349 g/mol. The van der Waals surface area contributed by atoms with E-state index in [1.54, 1.807) is 7.11 Å². The summed E-state index contributed by atoms with van der Waals surface area (Å²) in [6.45, 7) is 1.30. The zero-order valence-electron chi connectivity index (χ0n) is 12.3. The molecule has 0 radical (unpaired) electrons. The first-order valence-electron chi connectivity index (χ1n) is 6.88. The third-order valence-electron chi connectivity index (χ3n) is 3.23. The van der Waals surface area contributed by atoms with Crippen LogP contribution in [0.15, 0.2) is 53.0 Å². The molecular formula is C17H20BrNO2. The van der Waals surface area contributed by atoms with E-state index in [9.17, 15) is 0 Å². The predicted molar refractivity (Wildman–Crippen MR) is 88.6 cm³/mol. The van der Waals surface area contributed by atoms with Gasteiger partial charge in [0.2, 0.25) is 0 Å². The lowest BCUT2D eigenvalue weighted by Crippen LogP contribution is -2.20. The summed E-state index contributed by atoms with van der Waals surface area (Å²) in [5, 5.41) is 3.18. The predicted octanol–water partition coefficient (Wildman–Crippen LogP) is 3.94. The zero-order valence-corrected chi connectivity index (χ0v) is 13.9. The quantitative estimate of drug-likeness (QED) is 0.821. The van der Waals surface area contributed by atoms with Gasteiger partial charge in [0.15, 0.2) is 0 Å². The highest BCUT2D eigenvalue weighted by atomic mass is 79.9. The van der Waals surface area contributed by atoms with Gasteiger partial charge in [0, 0.05) is 11.0 Å². The molecule has 0 saturated heterocycles. The molecule has 0 aliphatic rings. The summed E-state index contributed by atoms with van der Waals surface area (Å²) in [5.74, 6) is 0.849. The van der Waals surface area contributed by atoms with E-state index < -0.39 is 0 Å². The van der Waals surface area contributed by atoms with Crippen molar-refractivity contribution < 1.29 is 9.47 Å². The van der Waals surface area contributed by atoms with E-state index in [1.165, 1.54) is 0 Å². The molecule has 112 valence electrons. The maximum absolute atomic E-state index is 6.09. The maximum Gasteiger partial charge on any atom is 0.119 e. The van der Waals surface area contributed by atoms with Crippen LogP contribution in [0.2, 0.25) is 0 Å². The van der Waals surface area contributed by atoms with Crippen molar-refractivity contribution in [3.05, 3.63) is 64.1 Å². The number of likely N-dealkylation sites (N-methyl/N-ethyl adjacent to an activating group) is 1. The number of nitrogens with one attached hydrogen (secondary N) is 1. The number of methoxy groups -OCH3 is 1. The lowest BCUT2D eigenvalue weighted by molar-refractivity contribution is 0.0405. The van der Waals surface area contributed by atoms with Crippen molar-refractivity contribution in [2.75, 3.05) is 20.7 Å². The Morgan fingerprint density at radius 2 is 1.95 bits per heavy atom. The van der Waals surface area contributed by atoms with E-state index in [2.05, 4.69) is 27.3 Å². The van der Waals surface area contributed by atoms with Crippen molar-refractivity contribution >= 4 is 15.9 Å². The van der Waals surface area contributed by atoms with Crippen LogP contribution >= 0.6 is 15.9 Å². The Kier molecular flexibility index (Phi) is 6.23. The molecule has 0 heterocycles. The Balaban J connectivity index is 2.08. The second kappa shape index (κ2) is 8.17. The van der Waals surface area contributed by atoms with Crippen molar-refractivity contribution in [2.45, 2.75) is 12.7 Å². The molecular weight excluding hydrogens is 330 g/mol. The minimum absolute atomic E-state index is 0.00299. The average Bonchev–Trinajstić information content (AvgIpc) is 2.52. The van der Waals surface area contributed by atoms with Gasteiger partial charge in [-0.1, -0.05) is 46.3 Å². The Morgan fingerprint density at radius 1 is 1.14 bits per heavy atom. The molecule has 1 unspecified atom stereocenters. The van der Waals surface area contributed by atoms with E-state index in [0.29, 0.717) is 6.61 Å². The molecule has 0 aliphatic carbocycles. The van der Waals surface area contributed by atoms with Gasteiger partial charge < -0.3 is 14.8 Å². The van der Waals surface area contributed by atoms with E-state index in [0.717, 1.165) is 27.9 Å². The van der Waals surface area contributed by atoms with Crippen molar-refractivity contribution in [3.8, 4) is 5.75 Å². The van der Waals surface area contributed by atoms with Crippen molar-refractivity contribution in [2.24, 2.45) is 0 Å². The van der Waals surface area contributed by atoms with Gasteiger partial charge in [0.25, 0.3) is 0 Å². The minimum atomic E-state index is -0.00299. The highest BCUT2D eigenvalue weighted by Gasteiger charge is 2.14. The van der Waals surface area contributed by atoms with Crippen molar-refractivity contribution in [1.29, 1.82) is 0 Å². The summed E-state index contributed by atoms with van der Waals surface area (Å²) in [4.78, 5) is 0. The standard InChI is InChI=1S/C17H20BrNO2/c1-19-11-17(15-8-3-4-9-16(15)18)21-12-13-6-5-7-14(10-13)20-2/h3-10,17,19H,11-12H2,1-2H3. The van der Waals surface area contributed by atoms with Crippen LogP contribution in [0.1, 0.15) is 17.2 Å². The average molecular weight is 350 g/mol. The fourth-order valence-corrected chi connectivity index (χ4v) is 2.68. The van der Waals surface area contributed by atoms with Crippen LogP contribution in [-0.2, 0) is 11.3 Å². The topological polar surface area (TPSA) is 30.5 Å². The number of halogens is 1. The molecule has 4 heteroatoms. The van der Waals surface area contributed by atoms with E-state index in [-0.39, 0.29) is 6.10 Å². The van der Waals surface area contributed by atoms with Crippen molar-refractivity contribution in [3.63, 3.8) is 0 Å². The summed E-state index contributed by atoms with van der Waals surface area (Å²) in [6, 6.07) is 16.1. The molecule has 0 aromatic heterocycles. The largest absolute Gasteiger partial charge is 0.497 e. The third-order valence-corrected chi connectivity index (χ3v) is 3.95. The Hall–Kier alpha value is -1.36. The van der Waals surface area contributed by atoms with Gasteiger partial charge in [0.05, 0.1) is 19.8 Å². The van der Waals surface area contributed by atoms with E-state index in [1.807, 2.05) is 49.5 Å². The molecule has 0 fully saturated rings. The number of hydrogen-bond acceptors (Lipinski definition) is 3. The fraction of sp³-hybridized carbons (Fsp3) is 0.294. The van der Waals surface area contributed by atoms with E-state index >= 15 is 0 Å². The van der Waals surface area contributed by atoms with Crippen LogP contribution < -0.4 is 10.1 Å². The Labute approximate surface area is 134 Å². The lowest BCUT2D eigenvalue weighted by Gasteiger charge is -2.19. The molecule has 0 aliphatic heterocycles. The number of benzene rings is 2. The lowest BCUT2D eigenvalue weighted by atomic mass is 10.1. The SMILES string of the molecule is CNCC(OCc1cccc(OC)c1)c1ccccc1Br. The first-order chi connectivity index (χ1) is 10.2. The molecule has 21 heavy (non-hydrogen) atoms. The highest BCUT2D eigenvalue weighted by Crippen LogP contribution is 2.26. The number of rotatable bonds is 7. The molecule has 2 aromatic carbocycles. The van der Waals surface area contributed by atoms with Gasteiger partial charge in [-0.2, -0.15) is 0 Å². The summed E-state index contributed by atoms with van der Waals surface area (Å²) in [7, 11) is 3.60. The fourth-order valence-electron chi connectivity index (χ4n) is 2.14. The molecule has 1 atom stereocenters. The van der Waals surface area contributed by atoms with Crippen LogP contribution in [0, 0.1) is 0 Å². The van der Waals surface area contributed by atoms with Gasteiger partial charge in [-0.15, -0.1) is 0 Å². The third kappa shape index (κ3) is 4.56. The number of hydrogen-bond donors (Lipinski definition) is 1. The molecule has 3 nitrogen and oxygen atoms in total. The Bertz CT molecular complexity index is 574. The zero-order chi connectivity index (χ0) is 15.1. The molecule has 0 spiro atoms. The van der Waals surface area contributed by atoms with E-state index in [4.69, 9.17) is 9.47 Å². The second-order valence-electron chi connectivity index (χ2n) is 4.73.